The molecule has 3 nitrogen and oxygen atoms in total. The number of rotatable bonds is 1. The number of aryl methyl sites for hydroxylation is 2. The van der Waals surface area contributed by atoms with E-state index in [9.17, 15) is 4.79 Å². The number of aromatic amines is 1. The van der Waals surface area contributed by atoms with E-state index >= 15 is 0 Å². The Hall–Kier alpha value is -1.07. The third-order valence-electron chi connectivity index (χ3n) is 3.06. The van der Waals surface area contributed by atoms with Crippen LogP contribution in [-0.2, 0) is 17.6 Å². The van der Waals surface area contributed by atoms with Gasteiger partial charge in [0.05, 0.1) is 4.91 Å². The second-order valence-corrected chi connectivity index (χ2v) is 6.01. The van der Waals surface area contributed by atoms with Crippen molar-refractivity contribution in [1.82, 2.24) is 10.3 Å². The molecular weight excluding hydrogens is 252 g/mol. The lowest BCUT2D eigenvalue weighted by atomic mass is 9.98. The Morgan fingerprint density at radius 3 is 2.88 bits per heavy atom. The van der Waals surface area contributed by atoms with Gasteiger partial charge < -0.3 is 10.3 Å². The van der Waals surface area contributed by atoms with Gasteiger partial charge in [0.2, 0.25) is 0 Å². The van der Waals surface area contributed by atoms with Gasteiger partial charge in [0, 0.05) is 11.4 Å². The fraction of sp³-hybridized carbons (Fsp3) is 0.333. The molecule has 0 spiro atoms. The van der Waals surface area contributed by atoms with Crippen molar-refractivity contribution in [3.05, 3.63) is 27.9 Å². The summed E-state index contributed by atoms with van der Waals surface area (Å²) in [6.07, 6.45) is 6.67. The molecule has 0 bridgehead atoms. The number of aromatic nitrogens is 1. The van der Waals surface area contributed by atoms with Gasteiger partial charge >= 0.3 is 0 Å². The smallest absolute Gasteiger partial charge is 0.263 e. The molecule has 1 saturated heterocycles. The van der Waals surface area contributed by atoms with E-state index < -0.39 is 0 Å². The second-order valence-electron chi connectivity index (χ2n) is 4.29. The number of amides is 1. The maximum Gasteiger partial charge on any atom is 0.263 e. The van der Waals surface area contributed by atoms with Crippen molar-refractivity contribution in [3.63, 3.8) is 0 Å². The Morgan fingerprint density at radius 2 is 2.18 bits per heavy atom. The first kappa shape index (κ1) is 11.0. The van der Waals surface area contributed by atoms with E-state index in [-0.39, 0.29) is 5.91 Å². The van der Waals surface area contributed by atoms with Crippen molar-refractivity contribution < 1.29 is 4.79 Å². The quantitative estimate of drug-likeness (QED) is 0.604. The zero-order valence-corrected chi connectivity index (χ0v) is 10.8. The van der Waals surface area contributed by atoms with Crippen molar-refractivity contribution in [3.8, 4) is 0 Å². The van der Waals surface area contributed by atoms with Crippen LogP contribution in [-0.4, -0.2) is 15.2 Å². The number of fused-ring (bicyclic) bond motifs is 1. The van der Waals surface area contributed by atoms with E-state index in [2.05, 4.69) is 16.4 Å². The molecule has 1 aliphatic carbocycles. The number of nitrogens with one attached hydrogen (secondary N) is 2. The first-order valence-corrected chi connectivity index (χ1v) is 6.90. The van der Waals surface area contributed by atoms with Gasteiger partial charge in [-0.1, -0.05) is 24.0 Å². The zero-order chi connectivity index (χ0) is 11.8. The fourth-order valence-corrected chi connectivity index (χ4v) is 3.30. The van der Waals surface area contributed by atoms with Crippen LogP contribution in [0, 0.1) is 0 Å². The Labute approximate surface area is 109 Å². The summed E-state index contributed by atoms with van der Waals surface area (Å²) in [5.74, 6) is -0.0902. The van der Waals surface area contributed by atoms with Gasteiger partial charge in [-0.3, -0.25) is 4.79 Å². The van der Waals surface area contributed by atoms with Gasteiger partial charge in [-0.15, -0.1) is 0 Å². The number of H-pyrrole nitrogens is 1. The van der Waals surface area contributed by atoms with Gasteiger partial charge in [0.15, 0.2) is 0 Å². The number of hydrogen-bond acceptors (Lipinski definition) is 3. The number of hydrogen-bond donors (Lipinski definition) is 2. The van der Waals surface area contributed by atoms with Crippen LogP contribution in [0.2, 0.25) is 0 Å². The van der Waals surface area contributed by atoms with E-state index in [1.807, 2.05) is 6.08 Å². The largest absolute Gasteiger partial charge is 0.359 e. The molecule has 5 heteroatoms. The number of thioether (sulfide) groups is 1. The molecular formula is C12H12N2OS2. The number of carbonyl (C=O) groups excluding carboxylic acids is 1. The maximum absolute atomic E-state index is 11.5. The molecule has 1 aromatic rings. The third kappa shape index (κ3) is 2.17. The average molecular weight is 264 g/mol. The normalized spacial score (nSPS) is 21.8. The van der Waals surface area contributed by atoms with Crippen LogP contribution < -0.4 is 5.32 Å². The standard InChI is InChI=1S/C12H12N2OS2/c15-11-10(17-12(16)14-11)6-8-5-7-3-1-2-4-9(7)13-8/h5-6,13H,1-4H2,(H,14,15,16)/b10-6+. The van der Waals surface area contributed by atoms with Crippen molar-refractivity contribution >= 4 is 40.3 Å². The molecule has 2 aliphatic rings. The lowest BCUT2D eigenvalue weighted by molar-refractivity contribution is -0.115. The number of carbonyl (C=O) groups is 1. The van der Waals surface area contributed by atoms with E-state index in [1.165, 1.54) is 35.9 Å². The van der Waals surface area contributed by atoms with E-state index in [4.69, 9.17) is 12.2 Å². The van der Waals surface area contributed by atoms with Crippen molar-refractivity contribution in [2.45, 2.75) is 25.7 Å². The van der Waals surface area contributed by atoms with Gasteiger partial charge in [-0.05, 0) is 43.4 Å². The van der Waals surface area contributed by atoms with Crippen LogP contribution in [0.25, 0.3) is 6.08 Å². The summed E-state index contributed by atoms with van der Waals surface area (Å²) in [6.45, 7) is 0. The van der Waals surface area contributed by atoms with Crippen LogP contribution in [0.15, 0.2) is 11.0 Å². The molecule has 88 valence electrons. The molecule has 17 heavy (non-hydrogen) atoms. The van der Waals surface area contributed by atoms with Gasteiger partial charge in [0.25, 0.3) is 5.91 Å². The highest BCUT2D eigenvalue weighted by atomic mass is 32.2. The molecule has 0 saturated carbocycles. The highest BCUT2D eigenvalue weighted by molar-refractivity contribution is 8.26. The molecule has 1 fully saturated rings. The lowest BCUT2D eigenvalue weighted by Crippen LogP contribution is -2.17. The van der Waals surface area contributed by atoms with E-state index in [0.29, 0.717) is 9.23 Å². The van der Waals surface area contributed by atoms with Gasteiger partial charge in [-0.25, -0.2) is 0 Å². The van der Waals surface area contributed by atoms with Crippen molar-refractivity contribution in [2.24, 2.45) is 0 Å². The molecule has 0 radical (unpaired) electrons. The van der Waals surface area contributed by atoms with Gasteiger partial charge in [-0.2, -0.15) is 0 Å². The highest BCUT2D eigenvalue weighted by Crippen LogP contribution is 2.28. The number of thiocarbonyl (C=S) groups is 1. The minimum atomic E-state index is -0.0902. The summed E-state index contributed by atoms with van der Waals surface area (Å²) in [7, 11) is 0. The van der Waals surface area contributed by atoms with Crippen molar-refractivity contribution in [2.75, 3.05) is 0 Å². The molecule has 0 atom stereocenters. The SMILES string of the molecule is O=C1NC(=S)S/C1=C/c1cc2c([nH]1)CCCC2. The Morgan fingerprint density at radius 1 is 1.35 bits per heavy atom. The van der Waals surface area contributed by atoms with E-state index in [0.717, 1.165) is 18.5 Å². The second kappa shape index (κ2) is 4.31. The molecule has 3 rings (SSSR count). The average Bonchev–Trinajstić information content (AvgIpc) is 2.82. The Bertz CT molecular complexity index is 507. The minimum Gasteiger partial charge on any atom is -0.359 e. The summed E-state index contributed by atoms with van der Waals surface area (Å²) in [5, 5.41) is 2.62. The molecule has 2 N–H and O–H groups in total. The Kier molecular flexibility index (Phi) is 2.80. The van der Waals surface area contributed by atoms with E-state index in [1.54, 1.807) is 0 Å². The lowest BCUT2D eigenvalue weighted by Gasteiger charge is -2.08. The topological polar surface area (TPSA) is 44.9 Å². The molecule has 1 aromatic heterocycles. The minimum absolute atomic E-state index is 0.0902. The predicted molar refractivity (Wildman–Crippen MR) is 73.7 cm³/mol. The summed E-state index contributed by atoms with van der Waals surface area (Å²) in [5.41, 5.74) is 3.74. The molecule has 0 aromatic carbocycles. The summed E-state index contributed by atoms with van der Waals surface area (Å²) >= 11 is 6.28. The first-order valence-electron chi connectivity index (χ1n) is 5.68. The van der Waals surface area contributed by atoms with Crippen LogP contribution in [0.5, 0.6) is 0 Å². The molecule has 0 unspecified atom stereocenters. The predicted octanol–water partition coefficient (Wildman–Crippen LogP) is 2.38. The molecule has 1 aliphatic heterocycles. The maximum atomic E-state index is 11.5. The molecule has 1 amide bonds. The summed E-state index contributed by atoms with van der Waals surface area (Å²) in [4.78, 5) is 15.6. The third-order valence-corrected chi connectivity index (χ3v) is 4.23. The summed E-state index contributed by atoms with van der Waals surface area (Å²) < 4.78 is 0.539. The van der Waals surface area contributed by atoms with Gasteiger partial charge in [0.1, 0.15) is 4.32 Å². The molecule has 2 heterocycles. The Balaban J connectivity index is 1.90. The van der Waals surface area contributed by atoms with Crippen molar-refractivity contribution in [1.29, 1.82) is 0 Å². The monoisotopic (exact) mass is 264 g/mol. The summed E-state index contributed by atoms with van der Waals surface area (Å²) in [6, 6.07) is 2.15. The first-order chi connectivity index (χ1) is 8.22. The highest BCUT2D eigenvalue weighted by Gasteiger charge is 2.22. The fourth-order valence-electron chi connectivity index (χ4n) is 2.27. The van der Waals surface area contributed by atoms with Crippen LogP contribution in [0.3, 0.4) is 0 Å². The van der Waals surface area contributed by atoms with Crippen LogP contribution in [0.1, 0.15) is 29.8 Å². The van der Waals surface area contributed by atoms with Crippen LogP contribution in [0.4, 0.5) is 0 Å². The van der Waals surface area contributed by atoms with Crippen LogP contribution >= 0.6 is 24.0 Å². The zero-order valence-electron chi connectivity index (χ0n) is 9.21.